The molecule has 0 radical (unpaired) electrons. The van der Waals surface area contributed by atoms with Gasteiger partial charge in [0.1, 0.15) is 5.82 Å². The molecule has 0 spiro atoms. The topological polar surface area (TPSA) is 80.9 Å². The molecule has 1 heterocycles. The van der Waals surface area contributed by atoms with Gasteiger partial charge in [-0.3, -0.25) is 4.79 Å². The van der Waals surface area contributed by atoms with E-state index in [-0.39, 0.29) is 18.3 Å². The maximum Gasteiger partial charge on any atom is 0.257 e. The molecule has 6 heteroatoms. The van der Waals surface area contributed by atoms with E-state index in [1.54, 1.807) is 19.9 Å². The monoisotopic (exact) mass is 274 g/mol. The fourth-order valence-electron chi connectivity index (χ4n) is 1.79. The number of halogens is 1. The predicted molar refractivity (Wildman–Crippen MR) is 73.8 cm³/mol. The van der Waals surface area contributed by atoms with E-state index in [9.17, 15) is 9.18 Å². The molecular formula is C14H15FN4O. The van der Waals surface area contributed by atoms with E-state index >= 15 is 0 Å². The number of anilines is 1. The second kappa shape index (κ2) is 5.75. The first-order valence-electron chi connectivity index (χ1n) is 6.12. The van der Waals surface area contributed by atoms with Crippen LogP contribution in [0.2, 0.25) is 0 Å². The molecule has 5 nitrogen and oxygen atoms in total. The van der Waals surface area contributed by atoms with Gasteiger partial charge in [0.05, 0.1) is 17.0 Å². The molecule has 0 fully saturated rings. The van der Waals surface area contributed by atoms with Crippen LogP contribution in [-0.4, -0.2) is 16.1 Å². The fourth-order valence-corrected chi connectivity index (χ4v) is 1.79. The number of aryl methyl sites for hydroxylation is 2. The van der Waals surface area contributed by atoms with Crippen LogP contribution in [0.3, 0.4) is 0 Å². The van der Waals surface area contributed by atoms with Gasteiger partial charge in [0.2, 0.25) is 0 Å². The minimum absolute atomic E-state index is 0.0739. The number of aromatic nitrogens is 2. The number of hydrogen-bond donors (Lipinski definition) is 2. The highest BCUT2D eigenvalue weighted by molar-refractivity contribution is 6.05. The second-order valence-electron chi connectivity index (χ2n) is 4.45. The van der Waals surface area contributed by atoms with Crippen LogP contribution in [0.1, 0.15) is 27.3 Å². The molecule has 0 bridgehead atoms. The average Bonchev–Trinajstić information content (AvgIpc) is 2.43. The van der Waals surface area contributed by atoms with E-state index in [0.717, 1.165) is 0 Å². The molecule has 1 aromatic heterocycles. The van der Waals surface area contributed by atoms with Crippen molar-refractivity contribution in [3.05, 3.63) is 52.6 Å². The molecule has 3 N–H and O–H groups in total. The van der Waals surface area contributed by atoms with Crippen molar-refractivity contribution in [2.75, 3.05) is 5.32 Å². The number of rotatable bonds is 3. The van der Waals surface area contributed by atoms with Crippen molar-refractivity contribution in [2.45, 2.75) is 20.4 Å². The molecule has 0 aliphatic heterocycles. The Balaban J connectivity index is 2.25. The number of carbonyl (C=O) groups is 1. The van der Waals surface area contributed by atoms with E-state index in [1.807, 2.05) is 0 Å². The Morgan fingerprint density at radius 2 is 2.05 bits per heavy atom. The van der Waals surface area contributed by atoms with Gasteiger partial charge < -0.3 is 11.1 Å². The number of nitrogens with one attached hydrogen (secondary N) is 1. The normalized spacial score (nSPS) is 10.4. The molecule has 0 aliphatic rings. The van der Waals surface area contributed by atoms with E-state index in [1.165, 1.54) is 18.2 Å². The van der Waals surface area contributed by atoms with Crippen LogP contribution in [0.25, 0.3) is 0 Å². The van der Waals surface area contributed by atoms with Gasteiger partial charge >= 0.3 is 0 Å². The molecule has 2 rings (SSSR count). The van der Waals surface area contributed by atoms with Gasteiger partial charge in [0.25, 0.3) is 5.91 Å². The number of hydrogen-bond acceptors (Lipinski definition) is 4. The van der Waals surface area contributed by atoms with E-state index in [4.69, 9.17) is 5.73 Å². The highest BCUT2D eigenvalue weighted by atomic mass is 19.1. The third kappa shape index (κ3) is 2.97. The molecule has 0 saturated heterocycles. The summed E-state index contributed by atoms with van der Waals surface area (Å²) in [5.74, 6) is -0.696. The van der Waals surface area contributed by atoms with Crippen LogP contribution < -0.4 is 11.1 Å². The van der Waals surface area contributed by atoms with Crippen LogP contribution in [0.5, 0.6) is 0 Å². The maximum absolute atomic E-state index is 13.3. The molecule has 1 aromatic carbocycles. The van der Waals surface area contributed by atoms with Gasteiger partial charge in [0, 0.05) is 17.8 Å². The Morgan fingerprint density at radius 1 is 1.30 bits per heavy atom. The zero-order chi connectivity index (χ0) is 14.7. The number of nitrogens with zero attached hydrogens (tertiary/aromatic N) is 2. The third-order valence-electron chi connectivity index (χ3n) is 2.87. The lowest BCUT2D eigenvalue weighted by atomic mass is 10.1. The van der Waals surface area contributed by atoms with Gasteiger partial charge in [-0.2, -0.15) is 10.2 Å². The standard InChI is InChI=1S/C14H15FN4O/c1-8-5-12(9(2)19-18-8)14(20)17-11-3-4-13(15)10(6-11)7-16/h3-6H,7,16H2,1-2H3,(H,17,20). The van der Waals surface area contributed by atoms with Crippen molar-refractivity contribution >= 4 is 11.6 Å². The quantitative estimate of drug-likeness (QED) is 0.896. The summed E-state index contributed by atoms with van der Waals surface area (Å²) >= 11 is 0. The molecular weight excluding hydrogens is 259 g/mol. The zero-order valence-electron chi connectivity index (χ0n) is 11.3. The van der Waals surface area contributed by atoms with E-state index < -0.39 is 0 Å². The largest absolute Gasteiger partial charge is 0.326 e. The van der Waals surface area contributed by atoms with Crippen molar-refractivity contribution in [1.29, 1.82) is 0 Å². The summed E-state index contributed by atoms with van der Waals surface area (Å²) in [5, 5.41) is 10.5. The lowest BCUT2D eigenvalue weighted by Crippen LogP contribution is -2.15. The average molecular weight is 274 g/mol. The summed E-state index contributed by atoms with van der Waals surface area (Å²) in [6.07, 6.45) is 0. The summed E-state index contributed by atoms with van der Waals surface area (Å²) in [5.41, 5.74) is 7.91. The summed E-state index contributed by atoms with van der Waals surface area (Å²) in [7, 11) is 0. The third-order valence-corrected chi connectivity index (χ3v) is 2.87. The SMILES string of the molecule is Cc1cc(C(=O)Nc2ccc(F)c(CN)c2)c(C)nn1. The highest BCUT2D eigenvalue weighted by Crippen LogP contribution is 2.16. The number of carbonyl (C=O) groups excluding carboxylic acids is 1. The Bertz CT molecular complexity index is 658. The van der Waals surface area contributed by atoms with Crippen LogP contribution in [0.4, 0.5) is 10.1 Å². The lowest BCUT2D eigenvalue weighted by Gasteiger charge is -2.09. The Hall–Kier alpha value is -2.34. The van der Waals surface area contributed by atoms with Crippen molar-refractivity contribution in [2.24, 2.45) is 5.73 Å². The Morgan fingerprint density at radius 3 is 2.75 bits per heavy atom. The van der Waals surface area contributed by atoms with Crippen LogP contribution >= 0.6 is 0 Å². The van der Waals surface area contributed by atoms with Crippen molar-refractivity contribution in [3.63, 3.8) is 0 Å². The smallest absolute Gasteiger partial charge is 0.257 e. The van der Waals surface area contributed by atoms with Crippen molar-refractivity contribution in [1.82, 2.24) is 10.2 Å². The first-order valence-corrected chi connectivity index (χ1v) is 6.12. The summed E-state index contributed by atoms with van der Waals surface area (Å²) < 4.78 is 13.3. The lowest BCUT2D eigenvalue weighted by molar-refractivity contribution is 0.102. The molecule has 2 aromatic rings. The summed E-state index contributed by atoms with van der Waals surface area (Å²) in [6, 6.07) is 5.94. The van der Waals surface area contributed by atoms with E-state index in [0.29, 0.717) is 28.2 Å². The molecule has 1 amide bonds. The van der Waals surface area contributed by atoms with E-state index in [2.05, 4.69) is 15.5 Å². The number of amides is 1. The Kier molecular flexibility index (Phi) is 4.05. The van der Waals surface area contributed by atoms with Gasteiger partial charge in [0.15, 0.2) is 0 Å². The zero-order valence-corrected chi connectivity index (χ0v) is 11.3. The summed E-state index contributed by atoms with van der Waals surface area (Å²) in [6.45, 7) is 3.54. The predicted octanol–water partition coefficient (Wildman–Crippen LogP) is 1.94. The number of nitrogens with two attached hydrogens (primary N) is 1. The minimum Gasteiger partial charge on any atom is -0.326 e. The first-order chi connectivity index (χ1) is 9.51. The maximum atomic E-state index is 13.3. The van der Waals surface area contributed by atoms with Crippen molar-refractivity contribution < 1.29 is 9.18 Å². The molecule has 104 valence electrons. The second-order valence-corrected chi connectivity index (χ2v) is 4.45. The molecule has 20 heavy (non-hydrogen) atoms. The molecule has 0 saturated carbocycles. The van der Waals surface area contributed by atoms with Crippen LogP contribution in [-0.2, 0) is 6.54 Å². The minimum atomic E-state index is -0.386. The van der Waals surface area contributed by atoms with Crippen LogP contribution in [0, 0.1) is 19.7 Å². The molecule has 0 aliphatic carbocycles. The Labute approximate surface area is 116 Å². The van der Waals surface area contributed by atoms with Crippen molar-refractivity contribution in [3.8, 4) is 0 Å². The van der Waals surface area contributed by atoms with Crippen LogP contribution in [0.15, 0.2) is 24.3 Å². The van der Waals surface area contributed by atoms with Gasteiger partial charge in [-0.15, -0.1) is 0 Å². The fraction of sp³-hybridized carbons (Fsp3) is 0.214. The van der Waals surface area contributed by atoms with Gasteiger partial charge in [-0.05, 0) is 38.1 Å². The molecule has 0 atom stereocenters. The number of benzene rings is 1. The highest BCUT2D eigenvalue weighted by Gasteiger charge is 2.12. The van der Waals surface area contributed by atoms with Gasteiger partial charge in [-0.25, -0.2) is 4.39 Å². The molecule has 0 unspecified atom stereocenters. The first kappa shape index (κ1) is 14.1. The van der Waals surface area contributed by atoms with Gasteiger partial charge in [-0.1, -0.05) is 0 Å². The summed E-state index contributed by atoms with van der Waals surface area (Å²) in [4.78, 5) is 12.2.